The maximum Gasteiger partial charge on any atom is 0.255 e. The molecule has 6 heteroatoms. The lowest BCUT2D eigenvalue weighted by Crippen LogP contribution is -2.45. The number of anilines is 1. The van der Waals surface area contributed by atoms with Crippen LogP contribution >= 0.6 is 12.4 Å². The van der Waals surface area contributed by atoms with E-state index in [0.717, 1.165) is 32.2 Å². The first-order chi connectivity index (χ1) is 11.5. The van der Waals surface area contributed by atoms with Gasteiger partial charge in [-0.1, -0.05) is 12.1 Å². The Kier molecular flexibility index (Phi) is 6.47. The molecule has 0 bridgehead atoms. The molecule has 1 saturated heterocycles. The number of halogens is 1. The quantitative estimate of drug-likeness (QED) is 0.892. The minimum absolute atomic E-state index is 0. The van der Waals surface area contributed by atoms with E-state index < -0.39 is 0 Å². The summed E-state index contributed by atoms with van der Waals surface area (Å²) in [5.74, 6) is 0.602. The summed E-state index contributed by atoms with van der Waals surface area (Å²) >= 11 is 0. The van der Waals surface area contributed by atoms with Crippen molar-refractivity contribution in [3.8, 4) is 0 Å². The summed E-state index contributed by atoms with van der Waals surface area (Å²) < 4.78 is 0. The Bertz CT molecular complexity index is 631. The highest BCUT2D eigenvalue weighted by molar-refractivity contribution is 6.05. The second-order valence-corrected chi connectivity index (χ2v) is 7.20. The van der Waals surface area contributed by atoms with Gasteiger partial charge in [0, 0.05) is 32.1 Å². The van der Waals surface area contributed by atoms with Crippen LogP contribution in [0.15, 0.2) is 24.3 Å². The first-order valence-electron chi connectivity index (χ1n) is 8.90. The predicted molar refractivity (Wildman–Crippen MR) is 102 cm³/mol. The predicted octanol–water partition coefficient (Wildman–Crippen LogP) is 2.68. The topological polar surface area (TPSA) is 66.6 Å². The van der Waals surface area contributed by atoms with Crippen LogP contribution < -0.4 is 10.6 Å². The van der Waals surface area contributed by atoms with Gasteiger partial charge in [0.15, 0.2) is 0 Å². The fourth-order valence-electron chi connectivity index (χ4n) is 3.46. The number of piperidine rings is 1. The molecule has 1 aliphatic carbocycles. The zero-order valence-corrected chi connectivity index (χ0v) is 15.8. The number of nitrogens with zero attached hydrogens (tertiary/aromatic N) is 2. The van der Waals surface area contributed by atoms with Gasteiger partial charge < -0.3 is 15.5 Å². The molecular formula is C19H28ClN3O2. The first kappa shape index (κ1) is 19.7. The van der Waals surface area contributed by atoms with Gasteiger partial charge in [-0.15, -0.1) is 12.4 Å². The second kappa shape index (κ2) is 8.19. The number of para-hydroxylation sites is 1. The van der Waals surface area contributed by atoms with Crippen LogP contribution in [0.4, 0.5) is 5.69 Å². The molecule has 3 rings (SSSR count). The SMILES string of the molecule is CC(N)C1CCCN(C(=O)c2ccccc2N(C)C(=O)C2CC2)C1.Cl. The highest BCUT2D eigenvalue weighted by atomic mass is 35.5. The van der Waals surface area contributed by atoms with Crippen molar-refractivity contribution in [1.82, 2.24) is 4.90 Å². The van der Waals surface area contributed by atoms with Crippen molar-refractivity contribution < 1.29 is 9.59 Å². The number of benzene rings is 1. The van der Waals surface area contributed by atoms with Gasteiger partial charge in [0.1, 0.15) is 0 Å². The number of carbonyl (C=O) groups is 2. The molecule has 1 aliphatic heterocycles. The summed E-state index contributed by atoms with van der Waals surface area (Å²) in [7, 11) is 1.77. The van der Waals surface area contributed by atoms with Crippen LogP contribution in [0.1, 0.15) is 43.0 Å². The van der Waals surface area contributed by atoms with Crippen molar-refractivity contribution >= 4 is 29.9 Å². The van der Waals surface area contributed by atoms with Crippen molar-refractivity contribution in [1.29, 1.82) is 0 Å². The average Bonchev–Trinajstić information content (AvgIpc) is 3.45. The molecule has 138 valence electrons. The number of hydrogen-bond donors (Lipinski definition) is 1. The monoisotopic (exact) mass is 365 g/mol. The van der Waals surface area contributed by atoms with Crippen molar-refractivity contribution in [2.24, 2.45) is 17.6 Å². The van der Waals surface area contributed by atoms with Crippen LogP contribution in [0, 0.1) is 11.8 Å². The third kappa shape index (κ3) is 4.33. The minimum atomic E-state index is 0. The number of rotatable bonds is 4. The molecule has 1 saturated carbocycles. The lowest BCUT2D eigenvalue weighted by atomic mass is 9.91. The summed E-state index contributed by atoms with van der Waals surface area (Å²) in [5, 5.41) is 0. The molecule has 1 heterocycles. The average molecular weight is 366 g/mol. The van der Waals surface area contributed by atoms with E-state index >= 15 is 0 Å². The molecule has 2 N–H and O–H groups in total. The van der Waals surface area contributed by atoms with Crippen molar-refractivity contribution in [2.45, 2.75) is 38.6 Å². The minimum Gasteiger partial charge on any atom is -0.338 e. The maximum absolute atomic E-state index is 13.0. The van der Waals surface area contributed by atoms with Crippen LogP contribution in [0.2, 0.25) is 0 Å². The largest absolute Gasteiger partial charge is 0.338 e. The molecule has 25 heavy (non-hydrogen) atoms. The Morgan fingerprint density at radius 3 is 2.56 bits per heavy atom. The fraction of sp³-hybridized carbons (Fsp3) is 0.579. The zero-order chi connectivity index (χ0) is 17.3. The highest BCUT2D eigenvalue weighted by Crippen LogP contribution is 2.33. The van der Waals surface area contributed by atoms with Gasteiger partial charge in [-0.05, 0) is 50.7 Å². The highest BCUT2D eigenvalue weighted by Gasteiger charge is 2.34. The van der Waals surface area contributed by atoms with E-state index in [4.69, 9.17) is 5.73 Å². The molecule has 2 aliphatic rings. The summed E-state index contributed by atoms with van der Waals surface area (Å²) in [6, 6.07) is 7.52. The van der Waals surface area contributed by atoms with Crippen LogP contribution in [-0.4, -0.2) is 42.9 Å². The fourth-order valence-corrected chi connectivity index (χ4v) is 3.46. The van der Waals surface area contributed by atoms with Gasteiger partial charge >= 0.3 is 0 Å². The normalized spacial score (nSPS) is 21.2. The summed E-state index contributed by atoms with van der Waals surface area (Å²) in [6.07, 6.45) is 3.98. The van der Waals surface area contributed by atoms with Gasteiger partial charge in [-0.25, -0.2) is 0 Å². The summed E-state index contributed by atoms with van der Waals surface area (Å²) in [6.45, 7) is 3.47. The van der Waals surface area contributed by atoms with Gasteiger partial charge in [-0.2, -0.15) is 0 Å². The molecule has 2 unspecified atom stereocenters. The van der Waals surface area contributed by atoms with E-state index in [1.165, 1.54) is 0 Å². The molecule has 0 spiro atoms. The third-order valence-corrected chi connectivity index (χ3v) is 5.24. The zero-order valence-electron chi connectivity index (χ0n) is 15.0. The number of hydrogen-bond acceptors (Lipinski definition) is 3. The number of likely N-dealkylation sites (tertiary alicyclic amines) is 1. The second-order valence-electron chi connectivity index (χ2n) is 7.20. The Morgan fingerprint density at radius 2 is 1.92 bits per heavy atom. The Hall–Kier alpha value is -1.59. The number of amides is 2. The van der Waals surface area contributed by atoms with Crippen LogP contribution in [0.3, 0.4) is 0 Å². The molecule has 2 amide bonds. The molecule has 2 fully saturated rings. The lowest BCUT2D eigenvalue weighted by molar-refractivity contribution is -0.119. The van der Waals surface area contributed by atoms with Gasteiger partial charge in [0.2, 0.25) is 5.91 Å². The lowest BCUT2D eigenvalue weighted by Gasteiger charge is -2.35. The number of nitrogens with two attached hydrogens (primary N) is 1. The molecule has 2 atom stereocenters. The maximum atomic E-state index is 13.0. The summed E-state index contributed by atoms with van der Waals surface area (Å²) in [4.78, 5) is 29.0. The van der Waals surface area contributed by atoms with Crippen molar-refractivity contribution in [3.63, 3.8) is 0 Å². The summed E-state index contributed by atoms with van der Waals surface area (Å²) in [5.41, 5.74) is 7.36. The van der Waals surface area contributed by atoms with Crippen molar-refractivity contribution in [2.75, 3.05) is 25.0 Å². The van der Waals surface area contributed by atoms with E-state index in [1.807, 2.05) is 36.1 Å². The molecule has 1 aromatic carbocycles. The van der Waals surface area contributed by atoms with Gasteiger partial charge in [-0.3, -0.25) is 9.59 Å². The van der Waals surface area contributed by atoms with Crippen LogP contribution in [0.5, 0.6) is 0 Å². The van der Waals surface area contributed by atoms with Crippen LogP contribution in [0.25, 0.3) is 0 Å². The molecule has 0 aromatic heterocycles. The van der Waals surface area contributed by atoms with Gasteiger partial charge in [0.25, 0.3) is 5.91 Å². The molecule has 0 radical (unpaired) electrons. The van der Waals surface area contributed by atoms with E-state index in [-0.39, 0.29) is 36.2 Å². The van der Waals surface area contributed by atoms with E-state index in [2.05, 4.69) is 0 Å². The van der Waals surface area contributed by atoms with Gasteiger partial charge in [0.05, 0.1) is 11.3 Å². The van der Waals surface area contributed by atoms with Crippen LogP contribution in [-0.2, 0) is 4.79 Å². The van der Waals surface area contributed by atoms with E-state index in [0.29, 0.717) is 23.7 Å². The standard InChI is InChI=1S/C19H27N3O2.ClH/c1-13(20)15-6-5-11-22(12-15)19(24)16-7-3-4-8-17(16)21(2)18(23)14-9-10-14;/h3-4,7-8,13-15H,5-6,9-12,20H2,1-2H3;1H. The molecule has 1 aromatic rings. The van der Waals surface area contributed by atoms with E-state index in [1.54, 1.807) is 11.9 Å². The Labute approximate surface area is 155 Å². The Morgan fingerprint density at radius 1 is 1.24 bits per heavy atom. The Balaban J connectivity index is 0.00000225. The van der Waals surface area contributed by atoms with E-state index in [9.17, 15) is 9.59 Å². The molecule has 5 nitrogen and oxygen atoms in total. The first-order valence-corrected chi connectivity index (χ1v) is 8.90. The molecular weight excluding hydrogens is 338 g/mol. The smallest absolute Gasteiger partial charge is 0.255 e. The third-order valence-electron chi connectivity index (χ3n) is 5.24. The van der Waals surface area contributed by atoms with Crippen molar-refractivity contribution in [3.05, 3.63) is 29.8 Å². The number of carbonyl (C=O) groups excluding carboxylic acids is 2.